The molecule has 0 spiro atoms. The molecule has 1 N–H and O–H groups in total. The molecular weight excluding hydrogens is 316 g/mol. The molecule has 0 fully saturated rings. The average Bonchev–Trinajstić information content (AvgIpc) is 2.89. The van der Waals surface area contributed by atoms with Crippen molar-refractivity contribution in [3.05, 3.63) is 58.1 Å². The van der Waals surface area contributed by atoms with Crippen molar-refractivity contribution in [2.24, 2.45) is 0 Å². The van der Waals surface area contributed by atoms with Crippen molar-refractivity contribution in [1.82, 2.24) is 0 Å². The number of hydrogen-bond donors (Lipinski definition) is 1. The predicted molar refractivity (Wildman–Crippen MR) is 82.0 cm³/mol. The highest BCUT2D eigenvalue weighted by Crippen LogP contribution is 2.34. The van der Waals surface area contributed by atoms with Gasteiger partial charge in [-0.1, -0.05) is 18.2 Å². The van der Waals surface area contributed by atoms with Gasteiger partial charge in [-0.05, 0) is 40.2 Å². The molecule has 2 aromatic carbocycles. The van der Waals surface area contributed by atoms with Gasteiger partial charge >= 0.3 is 0 Å². The van der Waals surface area contributed by atoms with Crippen LogP contribution in [0.25, 0.3) is 0 Å². The Labute approximate surface area is 126 Å². The molecule has 0 aliphatic carbocycles. The number of halogens is 1. The lowest BCUT2D eigenvalue weighted by Crippen LogP contribution is -2.14. The van der Waals surface area contributed by atoms with Gasteiger partial charge in [0.1, 0.15) is 5.75 Å². The number of fused-ring (bicyclic) bond motifs is 1. The van der Waals surface area contributed by atoms with E-state index in [4.69, 9.17) is 10.00 Å². The zero-order valence-corrected chi connectivity index (χ0v) is 12.4. The zero-order valence-electron chi connectivity index (χ0n) is 10.8. The van der Waals surface area contributed by atoms with E-state index in [-0.39, 0.29) is 0 Å². The maximum atomic E-state index is 8.86. The molecule has 0 saturated heterocycles. The largest absolute Gasteiger partial charge is 0.493 e. The Morgan fingerprint density at radius 2 is 2.15 bits per heavy atom. The van der Waals surface area contributed by atoms with Crippen molar-refractivity contribution in [1.29, 1.82) is 5.26 Å². The van der Waals surface area contributed by atoms with E-state index in [2.05, 4.69) is 33.4 Å². The minimum Gasteiger partial charge on any atom is -0.493 e. The van der Waals surface area contributed by atoms with E-state index in [9.17, 15) is 0 Å². The summed E-state index contributed by atoms with van der Waals surface area (Å²) in [6.07, 6.45) is 0. The van der Waals surface area contributed by atoms with Crippen LogP contribution in [0.4, 0.5) is 5.69 Å². The van der Waals surface area contributed by atoms with Crippen LogP contribution in [0, 0.1) is 11.3 Å². The molecule has 2 aromatic rings. The van der Waals surface area contributed by atoms with Crippen LogP contribution in [0.2, 0.25) is 0 Å². The summed E-state index contributed by atoms with van der Waals surface area (Å²) in [6, 6.07) is 15.8. The van der Waals surface area contributed by atoms with Crippen LogP contribution in [0.15, 0.2) is 46.9 Å². The Morgan fingerprint density at radius 3 is 2.95 bits per heavy atom. The molecule has 4 heteroatoms. The van der Waals surface area contributed by atoms with E-state index in [1.54, 1.807) is 0 Å². The van der Waals surface area contributed by atoms with Crippen LogP contribution in [0.1, 0.15) is 17.0 Å². The number of nitriles is 1. The summed E-state index contributed by atoms with van der Waals surface area (Å²) in [7, 11) is 0. The average molecular weight is 329 g/mol. The maximum absolute atomic E-state index is 8.86. The van der Waals surface area contributed by atoms with Crippen molar-refractivity contribution < 1.29 is 4.74 Å². The molecule has 0 amide bonds. The summed E-state index contributed by atoms with van der Waals surface area (Å²) in [6.45, 7) is 1.52. The molecule has 3 nitrogen and oxygen atoms in total. The highest BCUT2D eigenvalue weighted by molar-refractivity contribution is 9.10. The topological polar surface area (TPSA) is 45.0 Å². The standard InChI is InChI=1S/C16H13BrN2O/c17-14-7-11(8-18)5-6-15(14)19-9-12-10-20-16-4-2-1-3-13(12)16/h1-7,12,19H,9-10H2. The number of nitrogens with one attached hydrogen (secondary N) is 1. The highest BCUT2D eigenvalue weighted by atomic mass is 79.9. The molecule has 1 unspecified atom stereocenters. The second-order valence-corrected chi connectivity index (χ2v) is 5.59. The van der Waals surface area contributed by atoms with E-state index < -0.39 is 0 Å². The van der Waals surface area contributed by atoms with E-state index in [0.29, 0.717) is 18.1 Å². The Kier molecular flexibility index (Phi) is 3.62. The van der Waals surface area contributed by atoms with Crippen molar-refractivity contribution in [3.63, 3.8) is 0 Å². The van der Waals surface area contributed by atoms with Crippen LogP contribution >= 0.6 is 15.9 Å². The van der Waals surface area contributed by atoms with Gasteiger partial charge in [-0.2, -0.15) is 5.26 Å². The third-order valence-corrected chi connectivity index (χ3v) is 4.09. The Hall–Kier alpha value is -1.99. The van der Waals surface area contributed by atoms with Gasteiger partial charge in [-0.3, -0.25) is 0 Å². The third kappa shape index (κ3) is 2.50. The van der Waals surface area contributed by atoms with Gasteiger partial charge in [0.15, 0.2) is 0 Å². The molecule has 1 atom stereocenters. The zero-order chi connectivity index (χ0) is 13.9. The van der Waals surface area contributed by atoms with Crippen LogP contribution in [0.5, 0.6) is 5.75 Å². The fourth-order valence-electron chi connectivity index (χ4n) is 2.36. The molecule has 0 radical (unpaired) electrons. The Balaban J connectivity index is 1.71. The lowest BCUT2D eigenvalue weighted by atomic mass is 10.0. The Morgan fingerprint density at radius 1 is 1.30 bits per heavy atom. The number of benzene rings is 2. The minimum atomic E-state index is 0.355. The second-order valence-electron chi connectivity index (χ2n) is 4.73. The van der Waals surface area contributed by atoms with Gasteiger partial charge in [0.25, 0.3) is 0 Å². The molecule has 1 heterocycles. The first-order valence-electron chi connectivity index (χ1n) is 6.43. The number of ether oxygens (including phenoxy) is 1. The van der Waals surface area contributed by atoms with Gasteiger partial charge in [-0.25, -0.2) is 0 Å². The number of hydrogen-bond acceptors (Lipinski definition) is 3. The molecule has 1 aliphatic heterocycles. The molecule has 0 saturated carbocycles. The van der Waals surface area contributed by atoms with Crippen LogP contribution in [-0.2, 0) is 0 Å². The first-order chi connectivity index (χ1) is 9.78. The fraction of sp³-hybridized carbons (Fsp3) is 0.188. The quantitative estimate of drug-likeness (QED) is 0.929. The molecular formula is C16H13BrN2O. The van der Waals surface area contributed by atoms with Crippen molar-refractivity contribution in [2.75, 3.05) is 18.5 Å². The summed E-state index contributed by atoms with van der Waals surface area (Å²) in [5, 5.41) is 12.3. The number of anilines is 1. The molecule has 100 valence electrons. The summed E-state index contributed by atoms with van der Waals surface area (Å²) in [5.74, 6) is 1.34. The number of para-hydroxylation sites is 1. The minimum absolute atomic E-state index is 0.355. The summed E-state index contributed by atoms with van der Waals surface area (Å²) < 4.78 is 6.58. The smallest absolute Gasteiger partial charge is 0.122 e. The summed E-state index contributed by atoms with van der Waals surface area (Å²) >= 11 is 3.48. The van der Waals surface area contributed by atoms with E-state index >= 15 is 0 Å². The second kappa shape index (κ2) is 5.56. The number of rotatable bonds is 3. The van der Waals surface area contributed by atoms with Crippen LogP contribution in [0.3, 0.4) is 0 Å². The SMILES string of the molecule is N#Cc1ccc(NCC2COc3ccccc32)c(Br)c1. The summed E-state index contributed by atoms with van der Waals surface area (Å²) in [4.78, 5) is 0. The first kappa shape index (κ1) is 13.0. The third-order valence-electron chi connectivity index (χ3n) is 3.44. The first-order valence-corrected chi connectivity index (χ1v) is 7.22. The summed E-state index contributed by atoms with van der Waals surface area (Å²) in [5.41, 5.74) is 2.90. The lowest BCUT2D eigenvalue weighted by molar-refractivity contribution is 0.334. The van der Waals surface area contributed by atoms with Gasteiger partial charge in [0.2, 0.25) is 0 Å². The molecule has 0 aromatic heterocycles. The van der Waals surface area contributed by atoms with Crippen LogP contribution < -0.4 is 10.1 Å². The van der Waals surface area contributed by atoms with Crippen molar-refractivity contribution in [3.8, 4) is 11.8 Å². The Bertz CT molecular complexity index is 678. The van der Waals surface area contributed by atoms with E-state index in [1.165, 1.54) is 5.56 Å². The van der Waals surface area contributed by atoms with E-state index in [0.717, 1.165) is 22.5 Å². The van der Waals surface area contributed by atoms with Gasteiger partial charge in [0, 0.05) is 28.2 Å². The van der Waals surface area contributed by atoms with Gasteiger partial charge < -0.3 is 10.1 Å². The van der Waals surface area contributed by atoms with Gasteiger partial charge in [-0.15, -0.1) is 0 Å². The molecule has 20 heavy (non-hydrogen) atoms. The monoisotopic (exact) mass is 328 g/mol. The fourth-order valence-corrected chi connectivity index (χ4v) is 2.88. The van der Waals surface area contributed by atoms with Gasteiger partial charge in [0.05, 0.1) is 18.2 Å². The predicted octanol–water partition coefficient (Wildman–Crippen LogP) is 3.91. The highest BCUT2D eigenvalue weighted by Gasteiger charge is 2.23. The van der Waals surface area contributed by atoms with Crippen molar-refractivity contribution in [2.45, 2.75) is 5.92 Å². The molecule has 1 aliphatic rings. The van der Waals surface area contributed by atoms with E-state index in [1.807, 2.05) is 36.4 Å². The number of nitrogens with zero attached hydrogens (tertiary/aromatic N) is 1. The molecule has 3 rings (SSSR count). The normalized spacial score (nSPS) is 16.1. The lowest BCUT2D eigenvalue weighted by Gasteiger charge is -2.13. The van der Waals surface area contributed by atoms with Crippen LogP contribution in [-0.4, -0.2) is 13.2 Å². The maximum Gasteiger partial charge on any atom is 0.122 e. The van der Waals surface area contributed by atoms with Crippen molar-refractivity contribution >= 4 is 21.6 Å². The molecule has 0 bridgehead atoms.